The zero-order valence-corrected chi connectivity index (χ0v) is 11.7. The zero-order valence-electron chi connectivity index (χ0n) is 10.9. The van der Waals surface area contributed by atoms with E-state index in [0.717, 1.165) is 11.5 Å². The number of aromatic nitrogens is 2. The van der Waals surface area contributed by atoms with E-state index in [9.17, 15) is 9.59 Å². The second kappa shape index (κ2) is 5.83. The molecule has 2 N–H and O–H groups in total. The number of carboxylic acid groups (broad SMARTS) is 1. The van der Waals surface area contributed by atoms with Crippen LogP contribution in [0.25, 0.3) is 0 Å². The molecule has 7 nitrogen and oxygen atoms in total. The summed E-state index contributed by atoms with van der Waals surface area (Å²) < 4.78 is 8.82. The quantitative estimate of drug-likeness (QED) is 0.872. The summed E-state index contributed by atoms with van der Waals surface area (Å²) in [6.45, 7) is 3.97. The van der Waals surface area contributed by atoms with Crippen molar-refractivity contribution in [1.29, 1.82) is 0 Å². The Hall–Kier alpha value is -2.22. The third kappa shape index (κ3) is 3.02. The fourth-order valence-corrected chi connectivity index (χ4v) is 2.30. The van der Waals surface area contributed by atoms with E-state index in [2.05, 4.69) is 14.9 Å². The van der Waals surface area contributed by atoms with E-state index in [1.807, 2.05) is 13.8 Å². The maximum Gasteiger partial charge on any atom is 0.371 e. The van der Waals surface area contributed by atoms with Gasteiger partial charge in [0.1, 0.15) is 10.6 Å². The Kier molecular flexibility index (Phi) is 4.14. The van der Waals surface area contributed by atoms with Gasteiger partial charge in [0.2, 0.25) is 5.76 Å². The Bertz CT molecular complexity index is 632. The third-order valence-electron chi connectivity index (χ3n) is 2.56. The van der Waals surface area contributed by atoms with Gasteiger partial charge in [-0.15, -0.1) is 5.10 Å². The Labute approximate surface area is 118 Å². The minimum absolute atomic E-state index is 0.108. The number of hydrogen-bond donors (Lipinski definition) is 2. The second-order valence-electron chi connectivity index (χ2n) is 4.40. The maximum absolute atomic E-state index is 12.0. The maximum atomic E-state index is 12.0. The molecular formula is C12H13N3O4S. The molecule has 0 aliphatic heterocycles. The van der Waals surface area contributed by atoms with Gasteiger partial charge < -0.3 is 14.8 Å². The number of carbonyl (C=O) groups is 2. The average molecular weight is 295 g/mol. The molecule has 2 aromatic heterocycles. The molecule has 0 fully saturated rings. The van der Waals surface area contributed by atoms with Gasteiger partial charge >= 0.3 is 5.97 Å². The molecule has 2 aromatic rings. The van der Waals surface area contributed by atoms with Crippen molar-refractivity contribution in [2.24, 2.45) is 0 Å². The van der Waals surface area contributed by atoms with Crippen LogP contribution in [0.4, 0.5) is 0 Å². The summed E-state index contributed by atoms with van der Waals surface area (Å²) >= 11 is 1.03. The van der Waals surface area contributed by atoms with Gasteiger partial charge in [-0.25, -0.2) is 4.79 Å². The SMILES string of the molecule is CC(C)c1nnsc1C(=O)NCc1ccc(C(=O)O)o1. The first-order chi connectivity index (χ1) is 9.49. The molecule has 0 bridgehead atoms. The van der Waals surface area contributed by atoms with Crippen LogP contribution >= 0.6 is 11.5 Å². The van der Waals surface area contributed by atoms with E-state index < -0.39 is 5.97 Å². The summed E-state index contributed by atoms with van der Waals surface area (Å²) in [6, 6.07) is 2.86. The molecule has 0 unspecified atom stereocenters. The highest BCUT2D eigenvalue weighted by Gasteiger charge is 2.19. The van der Waals surface area contributed by atoms with E-state index >= 15 is 0 Å². The van der Waals surface area contributed by atoms with Crippen LogP contribution in [0.2, 0.25) is 0 Å². The number of nitrogens with one attached hydrogen (secondary N) is 1. The smallest absolute Gasteiger partial charge is 0.371 e. The predicted molar refractivity (Wildman–Crippen MR) is 70.8 cm³/mol. The first-order valence-electron chi connectivity index (χ1n) is 5.91. The Morgan fingerprint density at radius 2 is 2.20 bits per heavy atom. The van der Waals surface area contributed by atoms with Crippen molar-refractivity contribution in [1.82, 2.24) is 14.9 Å². The monoisotopic (exact) mass is 295 g/mol. The van der Waals surface area contributed by atoms with Crippen molar-refractivity contribution >= 4 is 23.4 Å². The van der Waals surface area contributed by atoms with Crippen LogP contribution in [-0.2, 0) is 6.54 Å². The number of carbonyl (C=O) groups excluding carboxylic acids is 1. The molecule has 2 heterocycles. The number of furan rings is 1. The summed E-state index contributed by atoms with van der Waals surface area (Å²) in [7, 11) is 0. The van der Waals surface area contributed by atoms with Gasteiger partial charge in [0.15, 0.2) is 0 Å². The third-order valence-corrected chi connectivity index (χ3v) is 3.30. The van der Waals surface area contributed by atoms with Gasteiger partial charge in [-0.1, -0.05) is 18.3 Å². The van der Waals surface area contributed by atoms with Crippen molar-refractivity contribution < 1.29 is 19.1 Å². The highest BCUT2D eigenvalue weighted by atomic mass is 32.1. The molecule has 0 aliphatic carbocycles. The highest BCUT2D eigenvalue weighted by molar-refractivity contribution is 7.08. The Morgan fingerprint density at radius 3 is 2.80 bits per heavy atom. The van der Waals surface area contributed by atoms with Crippen molar-refractivity contribution in [3.8, 4) is 0 Å². The van der Waals surface area contributed by atoms with Gasteiger partial charge in [-0.05, 0) is 29.6 Å². The van der Waals surface area contributed by atoms with Gasteiger partial charge in [-0.3, -0.25) is 4.79 Å². The summed E-state index contributed by atoms with van der Waals surface area (Å²) in [5, 5.41) is 15.3. The molecule has 20 heavy (non-hydrogen) atoms. The highest BCUT2D eigenvalue weighted by Crippen LogP contribution is 2.19. The van der Waals surface area contributed by atoms with E-state index in [4.69, 9.17) is 9.52 Å². The van der Waals surface area contributed by atoms with Crippen LogP contribution in [0, 0.1) is 0 Å². The summed E-state index contributed by atoms with van der Waals surface area (Å²) in [5.74, 6) is -1.11. The Balaban J connectivity index is 2.01. The minimum atomic E-state index is -1.14. The fourth-order valence-electron chi connectivity index (χ4n) is 1.57. The lowest BCUT2D eigenvalue weighted by molar-refractivity contribution is 0.0660. The molecule has 0 spiro atoms. The minimum Gasteiger partial charge on any atom is -0.475 e. The molecule has 2 rings (SSSR count). The van der Waals surface area contributed by atoms with Crippen molar-refractivity contribution in [2.75, 3.05) is 0 Å². The lowest BCUT2D eigenvalue weighted by Gasteiger charge is -2.04. The van der Waals surface area contributed by atoms with Gasteiger partial charge in [0.25, 0.3) is 5.91 Å². The summed E-state index contributed by atoms with van der Waals surface area (Å²) in [5.41, 5.74) is 0.651. The normalized spacial score (nSPS) is 10.8. The van der Waals surface area contributed by atoms with Crippen molar-refractivity contribution in [3.05, 3.63) is 34.2 Å². The number of carboxylic acids is 1. The van der Waals surface area contributed by atoms with E-state index in [1.54, 1.807) is 0 Å². The van der Waals surface area contributed by atoms with Crippen LogP contribution in [0.1, 0.15) is 51.4 Å². The first-order valence-corrected chi connectivity index (χ1v) is 6.68. The van der Waals surface area contributed by atoms with Crippen LogP contribution in [0.5, 0.6) is 0 Å². The molecule has 8 heteroatoms. The standard InChI is InChI=1S/C12H13N3O4S/c1-6(2)9-10(20-15-14-9)11(16)13-5-7-3-4-8(19-7)12(17)18/h3-4,6H,5H2,1-2H3,(H,13,16)(H,17,18). The molecule has 0 aliphatic rings. The predicted octanol–water partition coefficient (Wildman–Crippen LogP) is 1.88. The topological polar surface area (TPSA) is 105 Å². The molecule has 0 saturated heterocycles. The Morgan fingerprint density at radius 1 is 1.45 bits per heavy atom. The van der Waals surface area contributed by atoms with Crippen LogP contribution < -0.4 is 5.32 Å². The largest absolute Gasteiger partial charge is 0.475 e. The van der Waals surface area contributed by atoms with Gasteiger partial charge in [-0.2, -0.15) is 0 Å². The molecule has 106 valence electrons. The van der Waals surface area contributed by atoms with Crippen molar-refractivity contribution in [2.45, 2.75) is 26.3 Å². The molecule has 0 aromatic carbocycles. The fraction of sp³-hybridized carbons (Fsp3) is 0.333. The zero-order chi connectivity index (χ0) is 14.7. The number of hydrogen-bond acceptors (Lipinski definition) is 6. The van der Waals surface area contributed by atoms with Gasteiger partial charge in [0.05, 0.1) is 12.2 Å². The number of aromatic carboxylic acids is 1. The molecule has 0 saturated carbocycles. The summed E-state index contributed by atoms with van der Waals surface area (Å²) in [6.07, 6.45) is 0. The molecule has 1 amide bonds. The van der Waals surface area contributed by atoms with E-state index in [1.165, 1.54) is 12.1 Å². The summed E-state index contributed by atoms with van der Waals surface area (Å²) in [4.78, 5) is 23.1. The molecular weight excluding hydrogens is 282 g/mol. The molecule has 0 atom stereocenters. The number of nitrogens with zero attached hydrogens (tertiary/aromatic N) is 2. The van der Waals surface area contributed by atoms with Crippen LogP contribution in [-0.4, -0.2) is 26.6 Å². The average Bonchev–Trinajstić information content (AvgIpc) is 3.04. The van der Waals surface area contributed by atoms with Gasteiger partial charge in [0, 0.05) is 0 Å². The van der Waals surface area contributed by atoms with E-state index in [0.29, 0.717) is 16.3 Å². The van der Waals surface area contributed by atoms with Crippen molar-refractivity contribution in [3.63, 3.8) is 0 Å². The molecule has 0 radical (unpaired) electrons. The number of amides is 1. The van der Waals surface area contributed by atoms with Crippen LogP contribution in [0.3, 0.4) is 0 Å². The second-order valence-corrected chi connectivity index (χ2v) is 5.15. The van der Waals surface area contributed by atoms with E-state index in [-0.39, 0.29) is 24.1 Å². The first kappa shape index (κ1) is 14.2. The van der Waals surface area contributed by atoms with Crippen LogP contribution in [0.15, 0.2) is 16.5 Å². The lowest BCUT2D eigenvalue weighted by atomic mass is 10.1. The lowest BCUT2D eigenvalue weighted by Crippen LogP contribution is -2.23. The number of rotatable bonds is 5.